The van der Waals surface area contributed by atoms with Crippen LogP contribution in [0.1, 0.15) is 21.5 Å². The van der Waals surface area contributed by atoms with E-state index in [9.17, 15) is 4.79 Å². The summed E-state index contributed by atoms with van der Waals surface area (Å²) in [5, 5.41) is 0.337. The third-order valence-electron chi connectivity index (χ3n) is 3.39. The standard InChI is InChI=1S/C15H13ClN2O/c16-14-12(6-3-7-13(14)17)15(19)18-8-10-4-1-2-5-11(10)9-18/h1-7H,8-9,17H2. The van der Waals surface area contributed by atoms with E-state index in [1.807, 2.05) is 24.3 Å². The van der Waals surface area contributed by atoms with E-state index in [2.05, 4.69) is 0 Å². The molecule has 3 rings (SSSR count). The van der Waals surface area contributed by atoms with Crippen LogP contribution in [0.2, 0.25) is 5.02 Å². The van der Waals surface area contributed by atoms with E-state index < -0.39 is 0 Å². The van der Waals surface area contributed by atoms with E-state index in [1.54, 1.807) is 23.1 Å². The number of carbonyl (C=O) groups is 1. The van der Waals surface area contributed by atoms with Gasteiger partial charge in [0, 0.05) is 13.1 Å². The van der Waals surface area contributed by atoms with E-state index in [1.165, 1.54) is 11.1 Å². The van der Waals surface area contributed by atoms with Gasteiger partial charge in [-0.25, -0.2) is 0 Å². The van der Waals surface area contributed by atoms with E-state index in [0.29, 0.717) is 29.4 Å². The molecule has 1 aliphatic rings. The Morgan fingerprint density at radius 3 is 2.32 bits per heavy atom. The SMILES string of the molecule is Nc1cccc(C(=O)N2Cc3ccccc3C2)c1Cl. The van der Waals surface area contributed by atoms with Crippen LogP contribution in [0.5, 0.6) is 0 Å². The van der Waals surface area contributed by atoms with Gasteiger partial charge in [-0.15, -0.1) is 0 Å². The van der Waals surface area contributed by atoms with Crippen molar-refractivity contribution < 1.29 is 4.79 Å². The number of carbonyl (C=O) groups excluding carboxylic acids is 1. The van der Waals surface area contributed by atoms with E-state index in [-0.39, 0.29) is 5.91 Å². The third kappa shape index (κ3) is 2.06. The number of halogens is 1. The predicted octanol–water partition coefficient (Wildman–Crippen LogP) is 3.08. The summed E-state index contributed by atoms with van der Waals surface area (Å²) in [4.78, 5) is 14.3. The van der Waals surface area contributed by atoms with Gasteiger partial charge in [0.2, 0.25) is 0 Å². The molecule has 4 heteroatoms. The minimum atomic E-state index is -0.0755. The first kappa shape index (κ1) is 12.1. The minimum absolute atomic E-state index is 0.0755. The molecule has 0 aromatic heterocycles. The van der Waals surface area contributed by atoms with E-state index >= 15 is 0 Å². The summed E-state index contributed by atoms with van der Waals surface area (Å²) in [6, 6.07) is 13.2. The maximum atomic E-state index is 12.5. The molecule has 19 heavy (non-hydrogen) atoms. The number of nitrogens with zero attached hydrogens (tertiary/aromatic N) is 1. The summed E-state index contributed by atoms with van der Waals surface area (Å²) >= 11 is 6.11. The number of rotatable bonds is 1. The first-order chi connectivity index (χ1) is 9.16. The molecule has 0 unspecified atom stereocenters. The van der Waals surface area contributed by atoms with Crippen LogP contribution in [0.15, 0.2) is 42.5 Å². The fourth-order valence-electron chi connectivity index (χ4n) is 2.36. The molecule has 0 radical (unpaired) electrons. The first-order valence-corrected chi connectivity index (χ1v) is 6.44. The molecule has 0 aliphatic carbocycles. The zero-order valence-corrected chi connectivity index (χ0v) is 11.0. The molecule has 1 aliphatic heterocycles. The Hall–Kier alpha value is -2.00. The second kappa shape index (κ2) is 4.59. The molecule has 0 spiro atoms. The van der Waals surface area contributed by atoms with Gasteiger partial charge in [-0.1, -0.05) is 41.9 Å². The average molecular weight is 273 g/mol. The predicted molar refractivity (Wildman–Crippen MR) is 75.9 cm³/mol. The minimum Gasteiger partial charge on any atom is -0.398 e. The molecule has 0 saturated heterocycles. The first-order valence-electron chi connectivity index (χ1n) is 6.07. The molecule has 0 saturated carbocycles. The lowest BCUT2D eigenvalue weighted by Crippen LogP contribution is -2.25. The molecule has 0 fully saturated rings. The van der Waals surface area contributed by atoms with Crippen LogP contribution in [0, 0.1) is 0 Å². The fourth-order valence-corrected chi connectivity index (χ4v) is 2.57. The molecule has 2 aromatic carbocycles. The van der Waals surface area contributed by atoms with Gasteiger partial charge < -0.3 is 10.6 Å². The van der Waals surface area contributed by atoms with Crippen LogP contribution in [-0.2, 0) is 13.1 Å². The van der Waals surface area contributed by atoms with E-state index in [4.69, 9.17) is 17.3 Å². The van der Waals surface area contributed by atoms with Gasteiger partial charge in [0.05, 0.1) is 16.3 Å². The third-order valence-corrected chi connectivity index (χ3v) is 3.81. The van der Waals surface area contributed by atoms with Crippen molar-refractivity contribution in [3.63, 3.8) is 0 Å². The number of nitrogen functional groups attached to an aromatic ring is 1. The van der Waals surface area contributed by atoms with Crippen LogP contribution < -0.4 is 5.73 Å². The molecule has 96 valence electrons. The van der Waals surface area contributed by atoms with Crippen molar-refractivity contribution in [3.05, 3.63) is 64.2 Å². The molecule has 1 heterocycles. The van der Waals surface area contributed by atoms with Crippen LogP contribution in [0.3, 0.4) is 0 Å². The van der Waals surface area contributed by atoms with Gasteiger partial charge in [-0.05, 0) is 23.3 Å². The molecule has 0 atom stereocenters. The number of hydrogen-bond donors (Lipinski definition) is 1. The number of benzene rings is 2. The molecule has 2 aromatic rings. The van der Waals surface area contributed by atoms with Crippen molar-refractivity contribution in [2.45, 2.75) is 13.1 Å². The van der Waals surface area contributed by atoms with E-state index in [0.717, 1.165) is 0 Å². The Balaban J connectivity index is 1.89. The maximum Gasteiger partial charge on any atom is 0.256 e. The lowest BCUT2D eigenvalue weighted by Gasteiger charge is -2.16. The molecule has 0 bridgehead atoms. The van der Waals surface area contributed by atoms with Crippen LogP contribution >= 0.6 is 11.6 Å². The largest absolute Gasteiger partial charge is 0.398 e. The second-order valence-corrected chi connectivity index (χ2v) is 5.02. The zero-order chi connectivity index (χ0) is 13.4. The Morgan fingerprint density at radius 1 is 1.05 bits per heavy atom. The summed E-state index contributed by atoms with van der Waals surface area (Å²) in [7, 11) is 0. The number of nitrogens with two attached hydrogens (primary N) is 1. The van der Waals surface area contributed by atoms with Gasteiger partial charge in [-0.3, -0.25) is 4.79 Å². The summed E-state index contributed by atoms with van der Waals surface area (Å²) in [6.07, 6.45) is 0. The van der Waals surface area contributed by atoms with Crippen molar-refractivity contribution in [1.29, 1.82) is 0 Å². The van der Waals surface area contributed by atoms with Crippen LogP contribution in [0.25, 0.3) is 0 Å². The molecular weight excluding hydrogens is 260 g/mol. The second-order valence-electron chi connectivity index (χ2n) is 4.64. The van der Waals surface area contributed by atoms with Crippen molar-refractivity contribution in [1.82, 2.24) is 4.90 Å². The highest BCUT2D eigenvalue weighted by Gasteiger charge is 2.25. The van der Waals surface area contributed by atoms with Crippen molar-refractivity contribution in [2.24, 2.45) is 0 Å². The lowest BCUT2D eigenvalue weighted by atomic mass is 10.1. The maximum absolute atomic E-state index is 12.5. The normalized spacial score (nSPS) is 13.4. The van der Waals surface area contributed by atoms with Gasteiger partial charge in [0.15, 0.2) is 0 Å². The number of hydrogen-bond acceptors (Lipinski definition) is 2. The Morgan fingerprint density at radius 2 is 1.68 bits per heavy atom. The Labute approximate surface area is 116 Å². The molecule has 3 nitrogen and oxygen atoms in total. The molecular formula is C15H13ClN2O. The Bertz CT molecular complexity index is 629. The number of anilines is 1. The molecule has 1 amide bonds. The van der Waals surface area contributed by atoms with Gasteiger partial charge >= 0.3 is 0 Å². The highest BCUT2D eigenvalue weighted by Crippen LogP contribution is 2.28. The van der Waals surface area contributed by atoms with Crippen molar-refractivity contribution in [2.75, 3.05) is 5.73 Å². The van der Waals surface area contributed by atoms with Crippen LogP contribution in [-0.4, -0.2) is 10.8 Å². The van der Waals surface area contributed by atoms with Gasteiger partial charge in [0.25, 0.3) is 5.91 Å². The highest BCUT2D eigenvalue weighted by molar-refractivity contribution is 6.36. The number of amides is 1. The summed E-state index contributed by atoms with van der Waals surface area (Å²) in [5.74, 6) is -0.0755. The van der Waals surface area contributed by atoms with Crippen molar-refractivity contribution in [3.8, 4) is 0 Å². The lowest BCUT2D eigenvalue weighted by molar-refractivity contribution is 0.0751. The fraction of sp³-hybridized carbons (Fsp3) is 0.133. The Kier molecular flexibility index (Phi) is 2.91. The number of fused-ring (bicyclic) bond motifs is 1. The summed E-state index contributed by atoms with van der Waals surface area (Å²) in [5.41, 5.74) is 9.02. The highest BCUT2D eigenvalue weighted by atomic mass is 35.5. The molecule has 2 N–H and O–H groups in total. The van der Waals surface area contributed by atoms with Gasteiger partial charge in [-0.2, -0.15) is 0 Å². The summed E-state index contributed by atoms with van der Waals surface area (Å²) in [6.45, 7) is 1.25. The average Bonchev–Trinajstić information content (AvgIpc) is 2.85. The topological polar surface area (TPSA) is 46.3 Å². The quantitative estimate of drug-likeness (QED) is 0.811. The zero-order valence-electron chi connectivity index (χ0n) is 10.3. The monoisotopic (exact) mass is 272 g/mol. The van der Waals surface area contributed by atoms with Gasteiger partial charge in [0.1, 0.15) is 0 Å². The van der Waals surface area contributed by atoms with Crippen molar-refractivity contribution >= 4 is 23.2 Å². The summed E-state index contributed by atoms with van der Waals surface area (Å²) < 4.78 is 0. The smallest absolute Gasteiger partial charge is 0.256 e. The van der Waals surface area contributed by atoms with Crippen LogP contribution in [0.4, 0.5) is 5.69 Å².